The summed E-state index contributed by atoms with van der Waals surface area (Å²) in [6.45, 7) is 0. The number of rotatable bonds is 4. The number of carbonyl (C=O) groups is 1. The smallest absolute Gasteiger partial charge is 0.250 e. The van der Waals surface area contributed by atoms with Crippen molar-refractivity contribution in [2.45, 2.75) is 4.90 Å². The van der Waals surface area contributed by atoms with Crippen molar-refractivity contribution >= 4 is 21.6 Å². The number of anilines is 1. The number of nitrogens with one attached hydrogen (secondary N) is 2. The maximum atomic E-state index is 11.9. The molecule has 2 N–H and O–H groups in total. The molecule has 1 aromatic carbocycles. The summed E-state index contributed by atoms with van der Waals surface area (Å²) in [5.41, 5.74) is 0. The molecule has 0 aliphatic rings. The number of aromatic amines is 1. The molecule has 0 bridgehead atoms. The Bertz CT molecular complexity index is 676. The highest BCUT2D eigenvalue weighted by molar-refractivity contribution is 7.94. The van der Waals surface area contributed by atoms with Gasteiger partial charge in [0.2, 0.25) is 5.91 Å². The second-order valence-electron chi connectivity index (χ2n) is 3.62. The van der Waals surface area contributed by atoms with Crippen LogP contribution in [0.4, 0.5) is 5.82 Å². The molecule has 0 atom stereocenters. The molecule has 6 nitrogen and oxygen atoms in total. The topological polar surface area (TPSA) is 91.9 Å². The number of sulfone groups is 1. The number of hydrogen-bond donors (Lipinski definition) is 2. The van der Waals surface area contributed by atoms with E-state index in [0.717, 1.165) is 11.5 Å². The third-order valence-electron chi connectivity index (χ3n) is 2.23. The summed E-state index contributed by atoms with van der Waals surface area (Å²) < 4.78 is 23.7. The normalized spacial score (nSPS) is 11.6. The van der Waals surface area contributed by atoms with Gasteiger partial charge in [-0.1, -0.05) is 18.2 Å². The molecule has 7 heteroatoms. The fourth-order valence-corrected chi connectivity index (χ4v) is 2.34. The Hall–Kier alpha value is -2.41. The van der Waals surface area contributed by atoms with Gasteiger partial charge in [-0.25, -0.2) is 8.42 Å². The van der Waals surface area contributed by atoms with Crippen molar-refractivity contribution in [1.29, 1.82) is 0 Å². The molecule has 0 aliphatic heterocycles. The van der Waals surface area contributed by atoms with E-state index >= 15 is 0 Å². The van der Waals surface area contributed by atoms with Crippen LogP contribution in [0.1, 0.15) is 0 Å². The monoisotopic (exact) mass is 277 g/mol. The molecule has 0 aliphatic carbocycles. The molecule has 1 amide bonds. The molecule has 0 spiro atoms. The van der Waals surface area contributed by atoms with Crippen LogP contribution in [-0.2, 0) is 14.6 Å². The van der Waals surface area contributed by atoms with Crippen LogP contribution in [-0.4, -0.2) is 24.5 Å². The molecule has 0 unspecified atom stereocenters. The Balaban J connectivity index is 2.08. The Kier molecular flexibility index (Phi) is 3.76. The summed E-state index contributed by atoms with van der Waals surface area (Å²) in [7, 11) is -3.60. The van der Waals surface area contributed by atoms with Crippen LogP contribution in [0.15, 0.2) is 59.0 Å². The third-order valence-corrected chi connectivity index (χ3v) is 3.65. The zero-order valence-electron chi connectivity index (χ0n) is 9.78. The van der Waals surface area contributed by atoms with Crippen molar-refractivity contribution in [3.8, 4) is 0 Å². The van der Waals surface area contributed by atoms with Gasteiger partial charge in [0.25, 0.3) is 0 Å². The van der Waals surface area contributed by atoms with E-state index in [9.17, 15) is 13.2 Å². The largest absolute Gasteiger partial charge is 0.307 e. The number of nitrogens with zero attached hydrogens (tertiary/aromatic N) is 1. The quantitative estimate of drug-likeness (QED) is 0.825. The van der Waals surface area contributed by atoms with Crippen molar-refractivity contribution < 1.29 is 13.2 Å². The summed E-state index contributed by atoms with van der Waals surface area (Å²) in [6, 6.07) is 9.43. The van der Waals surface area contributed by atoms with Crippen molar-refractivity contribution in [3.63, 3.8) is 0 Å². The first kappa shape index (κ1) is 13.0. The number of hydrogen-bond acceptors (Lipinski definition) is 4. The Morgan fingerprint density at radius 2 is 1.95 bits per heavy atom. The van der Waals surface area contributed by atoms with Gasteiger partial charge in [0.05, 0.1) is 11.1 Å². The van der Waals surface area contributed by atoms with E-state index in [4.69, 9.17) is 0 Å². The Labute approximate surface area is 110 Å². The van der Waals surface area contributed by atoms with Gasteiger partial charge in [-0.2, -0.15) is 5.10 Å². The van der Waals surface area contributed by atoms with Gasteiger partial charge in [0.1, 0.15) is 5.82 Å². The van der Waals surface area contributed by atoms with Crippen LogP contribution >= 0.6 is 0 Å². The molecular formula is C12H11N3O3S. The van der Waals surface area contributed by atoms with Crippen LogP contribution in [0.2, 0.25) is 0 Å². The van der Waals surface area contributed by atoms with E-state index in [1.165, 1.54) is 18.3 Å². The Morgan fingerprint density at radius 3 is 2.58 bits per heavy atom. The van der Waals surface area contributed by atoms with E-state index < -0.39 is 15.7 Å². The zero-order valence-corrected chi connectivity index (χ0v) is 10.6. The summed E-state index contributed by atoms with van der Waals surface area (Å²) in [5, 5.41) is 9.49. The average Bonchev–Trinajstić information content (AvgIpc) is 2.90. The zero-order chi connectivity index (χ0) is 13.7. The lowest BCUT2D eigenvalue weighted by Gasteiger charge is -1.99. The second kappa shape index (κ2) is 5.49. The molecule has 2 rings (SSSR count). The molecule has 2 aromatic rings. The summed E-state index contributed by atoms with van der Waals surface area (Å²) >= 11 is 0. The molecule has 0 saturated carbocycles. The molecule has 1 heterocycles. The van der Waals surface area contributed by atoms with Crippen LogP contribution in [0.25, 0.3) is 0 Å². The van der Waals surface area contributed by atoms with E-state index in [1.807, 2.05) is 0 Å². The lowest BCUT2D eigenvalue weighted by molar-refractivity contribution is -0.111. The Morgan fingerprint density at radius 1 is 1.21 bits per heavy atom. The van der Waals surface area contributed by atoms with Gasteiger partial charge in [0, 0.05) is 17.6 Å². The fraction of sp³-hybridized carbons (Fsp3) is 0. The lowest BCUT2D eigenvalue weighted by Crippen LogP contribution is -2.09. The summed E-state index contributed by atoms with van der Waals surface area (Å²) in [4.78, 5) is 11.6. The van der Waals surface area contributed by atoms with Crippen molar-refractivity contribution in [3.05, 3.63) is 54.1 Å². The summed E-state index contributed by atoms with van der Waals surface area (Å²) in [5.74, 6) is -0.157. The van der Waals surface area contributed by atoms with Crippen LogP contribution < -0.4 is 5.32 Å². The number of benzene rings is 1. The molecule has 0 radical (unpaired) electrons. The predicted molar refractivity (Wildman–Crippen MR) is 70.0 cm³/mol. The van der Waals surface area contributed by atoms with E-state index in [0.29, 0.717) is 5.82 Å². The van der Waals surface area contributed by atoms with Crippen LogP contribution in [0, 0.1) is 0 Å². The van der Waals surface area contributed by atoms with E-state index in [-0.39, 0.29) is 4.90 Å². The third kappa shape index (κ3) is 3.52. The average molecular weight is 277 g/mol. The van der Waals surface area contributed by atoms with Gasteiger partial charge < -0.3 is 5.32 Å². The van der Waals surface area contributed by atoms with Crippen LogP contribution in [0.3, 0.4) is 0 Å². The van der Waals surface area contributed by atoms with E-state index in [2.05, 4.69) is 15.5 Å². The maximum absolute atomic E-state index is 11.9. The van der Waals surface area contributed by atoms with Gasteiger partial charge >= 0.3 is 0 Å². The second-order valence-corrected chi connectivity index (χ2v) is 5.45. The van der Waals surface area contributed by atoms with Crippen molar-refractivity contribution in [2.24, 2.45) is 0 Å². The van der Waals surface area contributed by atoms with E-state index in [1.54, 1.807) is 24.3 Å². The highest BCUT2D eigenvalue weighted by atomic mass is 32.2. The first-order valence-electron chi connectivity index (χ1n) is 5.36. The van der Waals surface area contributed by atoms with Crippen molar-refractivity contribution in [1.82, 2.24) is 10.2 Å². The highest BCUT2D eigenvalue weighted by Crippen LogP contribution is 2.11. The summed E-state index contributed by atoms with van der Waals surface area (Å²) in [6.07, 6.45) is 2.43. The van der Waals surface area contributed by atoms with Gasteiger partial charge in [0.15, 0.2) is 9.84 Å². The van der Waals surface area contributed by atoms with Gasteiger partial charge in [-0.15, -0.1) is 0 Å². The molecule has 0 fully saturated rings. The van der Waals surface area contributed by atoms with Crippen LogP contribution in [0.5, 0.6) is 0 Å². The number of amides is 1. The molecule has 19 heavy (non-hydrogen) atoms. The van der Waals surface area contributed by atoms with Gasteiger partial charge in [-0.05, 0) is 12.1 Å². The fourth-order valence-electron chi connectivity index (χ4n) is 1.34. The highest BCUT2D eigenvalue weighted by Gasteiger charge is 2.10. The minimum absolute atomic E-state index is 0.139. The molecule has 1 aromatic heterocycles. The number of H-pyrrole nitrogens is 1. The SMILES string of the molecule is O=C(C=CS(=O)(=O)c1ccccc1)Nc1ccn[nH]1. The minimum atomic E-state index is -3.60. The first-order chi connectivity index (χ1) is 9.08. The lowest BCUT2D eigenvalue weighted by atomic mass is 10.4. The minimum Gasteiger partial charge on any atom is -0.307 e. The number of aromatic nitrogens is 2. The van der Waals surface area contributed by atoms with Gasteiger partial charge in [-0.3, -0.25) is 9.89 Å². The molecular weight excluding hydrogens is 266 g/mol. The standard InChI is InChI=1S/C12H11N3O3S/c16-12(14-11-6-8-13-15-11)7-9-19(17,18)10-4-2-1-3-5-10/h1-9H,(H2,13,14,15,16). The first-order valence-corrected chi connectivity index (χ1v) is 6.91. The predicted octanol–water partition coefficient (Wildman–Crippen LogP) is 1.34. The number of carbonyl (C=O) groups excluding carboxylic acids is 1. The molecule has 0 saturated heterocycles. The van der Waals surface area contributed by atoms with Crippen molar-refractivity contribution in [2.75, 3.05) is 5.32 Å². The maximum Gasteiger partial charge on any atom is 0.250 e. The molecule has 98 valence electrons.